The zero-order chi connectivity index (χ0) is 15.0. The third-order valence-electron chi connectivity index (χ3n) is 3.45. The number of aromatic nitrogens is 1. The summed E-state index contributed by atoms with van der Waals surface area (Å²) in [6.07, 6.45) is 1.09. The number of carboxylic acid groups (broad SMARTS) is 1. The summed E-state index contributed by atoms with van der Waals surface area (Å²) in [5, 5.41) is 12.3. The molecule has 1 rings (SSSR count). The number of hydrogen-bond donors (Lipinski definition) is 1. The van der Waals surface area contributed by atoms with Crippen LogP contribution < -0.4 is 0 Å². The SMILES string of the molecule is CCN(CC)CCCN(CC)Cc1cc(C(=O)O)no1. The Bertz CT molecular complexity index is 402. The number of carbonyl (C=O) groups is 1. The molecule has 1 aromatic rings. The molecule has 0 aliphatic rings. The molecule has 1 N–H and O–H groups in total. The van der Waals surface area contributed by atoms with Gasteiger partial charge in [-0.3, -0.25) is 4.90 Å². The molecule has 0 unspecified atom stereocenters. The van der Waals surface area contributed by atoms with Crippen LogP contribution in [0.2, 0.25) is 0 Å². The minimum atomic E-state index is -1.05. The number of rotatable bonds is 10. The van der Waals surface area contributed by atoms with Gasteiger partial charge < -0.3 is 14.5 Å². The van der Waals surface area contributed by atoms with Gasteiger partial charge in [-0.05, 0) is 39.1 Å². The summed E-state index contributed by atoms with van der Waals surface area (Å²) in [7, 11) is 0. The monoisotopic (exact) mass is 283 g/mol. The Morgan fingerprint density at radius 3 is 2.30 bits per heavy atom. The second-order valence-corrected chi connectivity index (χ2v) is 4.73. The van der Waals surface area contributed by atoms with Gasteiger partial charge in [-0.1, -0.05) is 25.9 Å². The van der Waals surface area contributed by atoms with Crippen LogP contribution in [0.1, 0.15) is 43.4 Å². The van der Waals surface area contributed by atoms with E-state index in [1.807, 2.05) is 0 Å². The maximum Gasteiger partial charge on any atom is 0.358 e. The molecule has 1 heterocycles. The van der Waals surface area contributed by atoms with Crippen LogP contribution in [0.4, 0.5) is 0 Å². The van der Waals surface area contributed by atoms with E-state index in [4.69, 9.17) is 9.63 Å². The van der Waals surface area contributed by atoms with Crippen molar-refractivity contribution in [3.05, 3.63) is 17.5 Å². The fourth-order valence-corrected chi connectivity index (χ4v) is 2.12. The molecule has 0 bridgehead atoms. The first-order valence-electron chi connectivity index (χ1n) is 7.24. The lowest BCUT2D eigenvalue weighted by Crippen LogP contribution is -2.29. The highest BCUT2D eigenvalue weighted by Crippen LogP contribution is 2.08. The van der Waals surface area contributed by atoms with Crippen LogP contribution in [0, 0.1) is 0 Å². The van der Waals surface area contributed by atoms with Gasteiger partial charge in [0.2, 0.25) is 0 Å². The normalized spacial score (nSPS) is 11.4. The largest absolute Gasteiger partial charge is 0.476 e. The highest BCUT2D eigenvalue weighted by molar-refractivity contribution is 5.85. The zero-order valence-corrected chi connectivity index (χ0v) is 12.6. The van der Waals surface area contributed by atoms with Crippen LogP contribution >= 0.6 is 0 Å². The van der Waals surface area contributed by atoms with Crippen molar-refractivity contribution in [2.75, 3.05) is 32.7 Å². The van der Waals surface area contributed by atoms with Crippen molar-refractivity contribution in [3.8, 4) is 0 Å². The molecule has 1 aromatic heterocycles. The first-order chi connectivity index (χ1) is 9.60. The molecule has 20 heavy (non-hydrogen) atoms. The molecule has 0 atom stereocenters. The summed E-state index contributed by atoms with van der Waals surface area (Å²) in [6, 6.07) is 1.50. The Kier molecular flexibility index (Phi) is 7.25. The van der Waals surface area contributed by atoms with Gasteiger partial charge in [-0.15, -0.1) is 0 Å². The highest BCUT2D eigenvalue weighted by Gasteiger charge is 2.13. The van der Waals surface area contributed by atoms with Crippen molar-refractivity contribution in [1.29, 1.82) is 0 Å². The van der Waals surface area contributed by atoms with Gasteiger partial charge in [0, 0.05) is 6.07 Å². The molecular weight excluding hydrogens is 258 g/mol. The summed E-state index contributed by atoms with van der Waals surface area (Å²) >= 11 is 0. The predicted octanol–water partition coefficient (Wildman–Crippen LogP) is 1.93. The first-order valence-corrected chi connectivity index (χ1v) is 7.24. The summed E-state index contributed by atoms with van der Waals surface area (Å²) in [4.78, 5) is 15.4. The van der Waals surface area contributed by atoms with E-state index in [1.54, 1.807) is 0 Å². The van der Waals surface area contributed by atoms with Gasteiger partial charge in [0.05, 0.1) is 6.54 Å². The second kappa shape index (κ2) is 8.71. The number of carboxylic acids is 1. The fraction of sp³-hybridized carbons (Fsp3) is 0.714. The van der Waals surface area contributed by atoms with Crippen LogP contribution in [0.3, 0.4) is 0 Å². The van der Waals surface area contributed by atoms with Gasteiger partial charge in [-0.25, -0.2) is 4.79 Å². The van der Waals surface area contributed by atoms with Gasteiger partial charge in [0.15, 0.2) is 11.5 Å². The van der Waals surface area contributed by atoms with Crippen LogP contribution in [0.25, 0.3) is 0 Å². The summed E-state index contributed by atoms with van der Waals surface area (Å²) in [6.45, 7) is 12.1. The molecule has 0 radical (unpaired) electrons. The molecule has 114 valence electrons. The Morgan fingerprint density at radius 2 is 1.80 bits per heavy atom. The molecule has 0 aliphatic carbocycles. The average molecular weight is 283 g/mol. The van der Waals surface area contributed by atoms with Crippen molar-refractivity contribution in [1.82, 2.24) is 15.0 Å². The van der Waals surface area contributed by atoms with Gasteiger partial charge in [0.1, 0.15) is 0 Å². The molecular formula is C14H25N3O3. The minimum Gasteiger partial charge on any atom is -0.476 e. The van der Waals surface area contributed by atoms with E-state index in [1.165, 1.54) is 6.07 Å². The van der Waals surface area contributed by atoms with E-state index in [0.29, 0.717) is 12.3 Å². The summed E-state index contributed by atoms with van der Waals surface area (Å²) in [5.74, 6) is -0.448. The van der Waals surface area contributed by atoms with Crippen LogP contribution in [-0.2, 0) is 6.54 Å². The van der Waals surface area contributed by atoms with Gasteiger partial charge in [-0.2, -0.15) is 0 Å². The van der Waals surface area contributed by atoms with E-state index in [9.17, 15) is 4.79 Å². The van der Waals surface area contributed by atoms with E-state index < -0.39 is 5.97 Å². The smallest absolute Gasteiger partial charge is 0.358 e. The highest BCUT2D eigenvalue weighted by atomic mass is 16.5. The van der Waals surface area contributed by atoms with E-state index in [0.717, 1.165) is 39.1 Å². The Morgan fingerprint density at radius 1 is 1.20 bits per heavy atom. The van der Waals surface area contributed by atoms with E-state index in [-0.39, 0.29) is 5.69 Å². The van der Waals surface area contributed by atoms with Crippen LogP contribution in [0.5, 0.6) is 0 Å². The first kappa shape index (κ1) is 16.7. The average Bonchev–Trinajstić information content (AvgIpc) is 2.91. The topological polar surface area (TPSA) is 69.8 Å². The third-order valence-corrected chi connectivity index (χ3v) is 3.45. The lowest BCUT2D eigenvalue weighted by molar-refractivity contribution is 0.0685. The Labute approximate surface area is 120 Å². The molecule has 0 aromatic carbocycles. The fourth-order valence-electron chi connectivity index (χ4n) is 2.12. The minimum absolute atomic E-state index is 0.0285. The number of nitrogens with zero attached hydrogens (tertiary/aromatic N) is 3. The van der Waals surface area contributed by atoms with E-state index >= 15 is 0 Å². The maximum atomic E-state index is 10.7. The van der Waals surface area contributed by atoms with Gasteiger partial charge in [0.25, 0.3) is 0 Å². The van der Waals surface area contributed by atoms with Crippen molar-refractivity contribution in [2.24, 2.45) is 0 Å². The summed E-state index contributed by atoms with van der Waals surface area (Å²) in [5.41, 5.74) is -0.0285. The molecule has 6 nitrogen and oxygen atoms in total. The zero-order valence-electron chi connectivity index (χ0n) is 12.6. The Hall–Kier alpha value is -1.40. The Balaban J connectivity index is 2.40. The lowest BCUT2D eigenvalue weighted by Gasteiger charge is -2.22. The quantitative estimate of drug-likeness (QED) is 0.707. The molecule has 6 heteroatoms. The predicted molar refractivity (Wildman–Crippen MR) is 76.8 cm³/mol. The standard InChI is InChI=1S/C14H25N3O3/c1-4-16(5-2)8-7-9-17(6-3)11-12-10-13(14(18)19)15-20-12/h10H,4-9,11H2,1-3H3,(H,18,19). The molecule has 0 aliphatic heterocycles. The number of aromatic carboxylic acids is 1. The summed E-state index contributed by atoms with van der Waals surface area (Å²) < 4.78 is 5.05. The second-order valence-electron chi connectivity index (χ2n) is 4.73. The molecule has 0 spiro atoms. The molecule has 0 saturated carbocycles. The van der Waals surface area contributed by atoms with Crippen molar-refractivity contribution in [2.45, 2.75) is 33.7 Å². The van der Waals surface area contributed by atoms with Crippen molar-refractivity contribution < 1.29 is 14.4 Å². The van der Waals surface area contributed by atoms with Crippen molar-refractivity contribution >= 4 is 5.97 Å². The van der Waals surface area contributed by atoms with Crippen LogP contribution in [0.15, 0.2) is 10.6 Å². The van der Waals surface area contributed by atoms with Crippen molar-refractivity contribution in [3.63, 3.8) is 0 Å². The molecule has 0 amide bonds. The molecule has 0 saturated heterocycles. The van der Waals surface area contributed by atoms with E-state index in [2.05, 4.69) is 35.7 Å². The van der Waals surface area contributed by atoms with Gasteiger partial charge >= 0.3 is 5.97 Å². The third kappa shape index (κ3) is 5.30. The maximum absolute atomic E-state index is 10.7. The van der Waals surface area contributed by atoms with Crippen LogP contribution in [-0.4, -0.2) is 58.8 Å². The number of hydrogen-bond acceptors (Lipinski definition) is 5. The molecule has 0 fully saturated rings. The lowest BCUT2D eigenvalue weighted by atomic mass is 10.3.